The van der Waals surface area contributed by atoms with Crippen LogP contribution < -0.4 is 0 Å². The molecule has 1 aromatic heterocycles. The quantitative estimate of drug-likeness (QED) is 0.764. The minimum Gasteiger partial charge on any atom is -0.274 e. The Morgan fingerprint density at radius 2 is 1.79 bits per heavy atom. The first-order chi connectivity index (χ1) is 11.2. The Morgan fingerprint density at radius 3 is 2.25 bits per heavy atom. The summed E-state index contributed by atoms with van der Waals surface area (Å²) in [6.45, 7) is 5.73. The molecule has 1 saturated carbocycles. The fourth-order valence-electron chi connectivity index (χ4n) is 2.67. The van der Waals surface area contributed by atoms with Gasteiger partial charge in [-0.25, -0.2) is 18.2 Å². The number of hydrogen-bond donors (Lipinski definition) is 0. The van der Waals surface area contributed by atoms with Gasteiger partial charge in [-0.2, -0.15) is 0 Å². The lowest BCUT2D eigenvalue weighted by molar-refractivity contribution is -0.0757. The molecule has 1 fully saturated rings. The molecule has 1 aromatic rings. The summed E-state index contributed by atoms with van der Waals surface area (Å²) in [4.78, 5) is 20.7. The Bertz CT molecular complexity index is 569. The van der Waals surface area contributed by atoms with Gasteiger partial charge in [0.15, 0.2) is 0 Å². The number of hydrogen-bond acceptors (Lipinski definition) is 3. The molecule has 1 heterocycles. The molecule has 1 aliphatic carbocycles. The largest absolute Gasteiger partial charge is 0.278 e. The van der Waals surface area contributed by atoms with Crippen molar-refractivity contribution in [1.82, 2.24) is 10.0 Å². The second kappa shape index (κ2) is 7.96. The number of halogens is 3. The zero-order valence-corrected chi connectivity index (χ0v) is 14.8. The van der Waals surface area contributed by atoms with E-state index in [1.807, 2.05) is 13.8 Å². The molecule has 0 saturated heterocycles. The highest BCUT2D eigenvalue weighted by atomic mass is 19.3. The molecule has 0 N–H and O–H groups in total. The lowest BCUT2D eigenvalue weighted by atomic mass is 9.71. The average molecular weight is 346 g/mol. The van der Waals surface area contributed by atoms with E-state index in [1.165, 1.54) is 20.4 Å². The molecule has 4 nitrogen and oxygen atoms in total. The van der Waals surface area contributed by atoms with Crippen LogP contribution in [0.1, 0.15) is 62.5 Å². The summed E-state index contributed by atoms with van der Waals surface area (Å²) in [5.74, 6) is -3.86. The average Bonchev–Trinajstić information content (AvgIpc) is 2.58. The number of pyridine rings is 1. The highest BCUT2D eigenvalue weighted by molar-refractivity contribution is 5.93. The summed E-state index contributed by atoms with van der Waals surface area (Å²) in [6.07, 6.45) is 1.02. The normalized spacial score (nSPS) is 18.3. The maximum atomic E-state index is 14.3. The third-order valence-corrected chi connectivity index (χ3v) is 4.30. The highest BCUT2D eigenvalue weighted by Gasteiger charge is 2.43. The summed E-state index contributed by atoms with van der Waals surface area (Å²) in [5.41, 5.74) is -0.546. The predicted molar refractivity (Wildman–Crippen MR) is 85.4 cm³/mol. The number of alkyl halides is 2. The lowest BCUT2D eigenvalue weighted by Crippen LogP contribution is -2.36. The van der Waals surface area contributed by atoms with Gasteiger partial charge in [0.1, 0.15) is 5.82 Å². The van der Waals surface area contributed by atoms with E-state index in [4.69, 9.17) is 4.84 Å². The minimum atomic E-state index is -2.69. The first-order valence-electron chi connectivity index (χ1n) is 8.04. The van der Waals surface area contributed by atoms with Crippen molar-refractivity contribution in [3.63, 3.8) is 0 Å². The van der Waals surface area contributed by atoms with Crippen LogP contribution in [0.4, 0.5) is 13.2 Å². The number of aromatic nitrogens is 1. The number of hydroxylamine groups is 2. The van der Waals surface area contributed by atoms with Crippen LogP contribution in [0, 0.1) is 5.82 Å². The van der Waals surface area contributed by atoms with E-state index >= 15 is 0 Å². The van der Waals surface area contributed by atoms with E-state index < -0.39 is 23.1 Å². The molecule has 0 unspecified atom stereocenters. The Labute approximate surface area is 141 Å². The van der Waals surface area contributed by atoms with Gasteiger partial charge >= 0.3 is 0 Å². The van der Waals surface area contributed by atoms with E-state index in [-0.39, 0.29) is 36.9 Å². The second-order valence-corrected chi connectivity index (χ2v) is 5.96. The van der Waals surface area contributed by atoms with Crippen LogP contribution in [0.3, 0.4) is 0 Å². The standard InChI is InChI=1S/C15H19F3N2O2.C2H6/c1-14(4-6-15(17,18)7-5-14)12-11(16)8-10(9-19-12)13(21)20(2)22-3;1-2/h8-9H,4-7H2,1-3H3;1-2H3. The van der Waals surface area contributed by atoms with Crippen molar-refractivity contribution in [3.05, 3.63) is 29.3 Å². The number of amides is 1. The Kier molecular flexibility index (Phi) is 6.77. The smallest absolute Gasteiger partial charge is 0.274 e. The van der Waals surface area contributed by atoms with Crippen LogP contribution in [0.25, 0.3) is 0 Å². The summed E-state index contributed by atoms with van der Waals surface area (Å²) >= 11 is 0. The third-order valence-electron chi connectivity index (χ3n) is 4.30. The number of carbonyl (C=O) groups excluding carboxylic acids is 1. The van der Waals surface area contributed by atoms with Gasteiger partial charge in [-0.1, -0.05) is 20.8 Å². The van der Waals surface area contributed by atoms with Crippen molar-refractivity contribution in [2.75, 3.05) is 14.2 Å². The molecule has 7 heteroatoms. The zero-order valence-electron chi connectivity index (χ0n) is 14.8. The van der Waals surface area contributed by atoms with Crippen LogP contribution >= 0.6 is 0 Å². The van der Waals surface area contributed by atoms with Gasteiger partial charge in [0.05, 0.1) is 18.4 Å². The van der Waals surface area contributed by atoms with Crippen molar-refractivity contribution in [2.24, 2.45) is 0 Å². The van der Waals surface area contributed by atoms with Crippen molar-refractivity contribution < 1.29 is 22.8 Å². The minimum absolute atomic E-state index is 0.0512. The van der Waals surface area contributed by atoms with E-state index in [9.17, 15) is 18.0 Å². The molecule has 0 radical (unpaired) electrons. The molecule has 1 amide bonds. The van der Waals surface area contributed by atoms with Gasteiger partial charge < -0.3 is 0 Å². The lowest BCUT2D eigenvalue weighted by Gasteiger charge is -2.36. The summed E-state index contributed by atoms with van der Waals surface area (Å²) in [6, 6.07) is 1.08. The van der Waals surface area contributed by atoms with Gasteiger partial charge in [-0.15, -0.1) is 0 Å². The highest BCUT2D eigenvalue weighted by Crippen LogP contribution is 2.45. The van der Waals surface area contributed by atoms with Crippen molar-refractivity contribution in [3.8, 4) is 0 Å². The van der Waals surface area contributed by atoms with Crippen LogP contribution in [-0.2, 0) is 10.3 Å². The van der Waals surface area contributed by atoms with Crippen LogP contribution in [0.2, 0.25) is 0 Å². The fourth-order valence-corrected chi connectivity index (χ4v) is 2.67. The fraction of sp³-hybridized carbons (Fsp3) is 0.647. The molecular weight excluding hydrogens is 321 g/mol. The van der Waals surface area contributed by atoms with E-state index in [1.54, 1.807) is 6.92 Å². The van der Waals surface area contributed by atoms with Gasteiger partial charge in [-0.05, 0) is 18.9 Å². The first kappa shape index (κ1) is 20.4. The van der Waals surface area contributed by atoms with E-state index in [0.717, 1.165) is 11.1 Å². The van der Waals surface area contributed by atoms with Crippen molar-refractivity contribution in [1.29, 1.82) is 0 Å². The Hall–Kier alpha value is -1.63. The summed E-state index contributed by atoms with van der Waals surface area (Å²) in [7, 11) is 2.72. The topological polar surface area (TPSA) is 42.4 Å². The molecule has 0 aliphatic heterocycles. The molecular formula is C17H25F3N2O2. The maximum Gasteiger partial charge on any atom is 0.278 e. The first-order valence-corrected chi connectivity index (χ1v) is 8.04. The molecule has 0 atom stereocenters. The molecule has 24 heavy (non-hydrogen) atoms. The summed E-state index contributed by atoms with van der Waals surface area (Å²) < 4.78 is 40.9. The molecule has 0 spiro atoms. The van der Waals surface area contributed by atoms with Gasteiger partial charge in [0, 0.05) is 31.5 Å². The SMILES string of the molecule is CC.CON(C)C(=O)c1cnc(C2(C)CCC(F)(F)CC2)c(F)c1. The predicted octanol–water partition coefficient (Wildman–Crippen LogP) is 4.35. The Balaban J connectivity index is 0.00000139. The zero-order chi connectivity index (χ0) is 18.5. The van der Waals surface area contributed by atoms with Gasteiger partial charge in [0.2, 0.25) is 5.92 Å². The number of carbonyl (C=O) groups is 1. The van der Waals surface area contributed by atoms with Crippen LogP contribution in [0.15, 0.2) is 12.3 Å². The van der Waals surface area contributed by atoms with Gasteiger partial charge in [-0.3, -0.25) is 14.6 Å². The second-order valence-electron chi connectivity index (χ2n) is 5.96. The number of rotatable bonds is 3. The van der Waals surface area contributed by atoms with E-state index in [2.05, 4.69) is 4.98 Å². The van der Waals surface area contributed by atoms with Crippen LogP contribution in [0.5, 0.6) is 0 Å². The number of nitrogens with zero attached hydrogens (tertiary/aromatic N) is 2. The molecule has 2 rings (SSSR count). The molecule has 136 valence electrons. The monoisotopic (exact) mass is 346 g/mol. The van der Waals surface area contributed by atoms with Crippen molar-refractivity contribution >= 4 is 5.91 Å². The van der Waals surface area contributed by atoms with Crippen LogP contribution in [-0.4, -0.2) is 36.0 Å². The molecule has 0 aromatic carbocycles. The third kappa shape index (κ3) is 4.47. The molecule has 0 bridgehead atoms. The molecule has 1 aliphatic rings. The Morgan fingerprint density at radius 1 is 1.25 bits per heavy atom. The van der Waals surface area contributed by atoms with Gasteiger partial charge in [0.25, 0.3) is 5.91 Å². The summed E-state index contributed by atoms with van der Waals surface area (Å²) in [5, 5.41) is 0.957. The van der Waals surface area contributed by atoms with Crippen molar-refractivity contribution in [2.45, 2.75) is 57.8 Å². The van der Waals surface area contributed by atoms with E-state index in [0.29, 0.717) is 0 Å². The maximum absolute atomic E-state index is 14.3.